The first-order valence-corrected chi connectivity index (χ1v) is 7.84. The molecule has 0 saturated carbocycles. The van der Waals surface area contributed by atoms with Gasteiger partial charge in [0.05, 0.1) is 12.8 Å². The van der Waals surface area contributed by atoms with E-state index in [0.29, 0.717) is 12.3 Å². The molecule has 0 bridgehead atoms. The minimum Gasteiger partial charge on any atom is -0.467 e. The minimum absolute atomic E-state index is 0.149. The number of carbonyl (C=O) groups is 1. The van der Waals surface area contributed by atoms with Gasteiger partial charge in [-0.1, -0.05) is 36.4 Å². The molecule has 4 rings (SSSR count). The predicted molar refractivity (Wildman–Crippen MR) is 93.0 cm³/mol. The van der Waals surface area contributed by atoms with E-state index in [1.165, 1.54) is 0 Å². The lowest BCUT2D eigenvalue weighted by Crippen LogP contribution is -2.26. The van der Waals surface area contributed by atoms with E-state index in [-0.39, 0.29) is 5.91 Å². The number of furan rings is 2. The van der Waals surface area contributed by atoms with E-state index in [4.69, 9.17) is 8.83 Å². The molecule has 0 aliphatic rings. The molecule has 24 heavy (non-hydrogen) atoms. The second-order valence-corrected chi connectivity index (χ2v) is 5.96. The van der Waals surface area contributed by atoms with E-state index in [1.807, 2.05) is 49.4 Å². The lowest BCUT2D eigenvalue weighted by molar-refractivity contribution is 0.0745. The molecule has 120 valence electrons. The number of carbonyl (C=O) groups excluding carboxylic acids is 1. The van der Waals surface area contributed by atoms with Crippen molar-refractivity contribution in [1.29, 1.82) is 0 Å². The molecule has 0 saturated heterocycles. The van der Waals surface area contributed by atoms with Crippen molar-refractivity contribution in [1.82, 2.24) is 4.90 Å². The third-order valence-electron chi connectivity index (χ3n) is 4.34. The molecule has 0 radical (unpaired) electrons. The molecule has 2 aromatic heterocycles. The highest BCUT2D eigenvalue weighted by molar-refractivity contribution is 6.08. The Morgan fingerprint density at radius 3 is 2.67 bits per heavy atom. The first-order valence-electron chi connectivity index (χ1n) is 7.84. The van der Waals surface area contributed by atoms with E-state index in [9.17, 15) is 4.79 Å². The zero-order chi connectivity index (χ0) is 16.7. The molecular formula is C20H17NO3. The van der Waals surface area contributed by atoms with Crippen LogP contribution in [0.4, 0.5) is 0 Å². The van der Waals surface area contributed by atoms with E-state index in [0.717, 1.165) is 33.1 Å². The van der Waals surface area contributed by atoms with Crippen LogP contribution in [-0.4, -0.2) is 17.9 Å². The Hall–Kier alpha value is -3.01. The summed E-state index contributed by atoms with van der Waals surface area (Å²) in [5.41, 5.74) is 1.63. The van der Waals surface area contributed by atoms with Crippen molar-refractivity contribution in [2.75, 3.05) is 7.05 Å². The molecule has 0 unspecified atom stereocenters. The molecule has 2 heterocycles. The highest BCUT2D eigenvalue weighted by Crippen LogP contribution is 2.32. The molecule has 0 atom stereocenters. The van der Waals surface area contributed by atoms with Crippen molar-refractivity contribution < 1.29 is 13.6 Å². The average Bonchev–Trinajstić information content (AvgIpc) is 3.22. The maximum atomic E-state index is 12.8. The number of nitrogens with zero attached hydrogens (tertiary/aromatic N) is 1. The Kier molecular flexibility index (Phi) is 3.38. The van der Waals surface area contributed by atoms with Crippen LogP contribution >= 0.6 is 0 Å². The monoisotopic (exact) mass is 319 g/mol. The second kappa shape index (κ2) is 5.57. The van der Waals surface area contributed by atoms with Crippen molar-refractivity contribution >= 4 is 27.6 Å². The topological polar surface area (TPSA) is 46.6 Å². The Morgan fingerprint density at radius 2 is 1.88 bits per heavy atom. The molecule has 0 spiro atoms. The maximum Gasteiger partial charge on any atom is 0.290 e. The Bertz CT molecular complexity index is 1030. The summed E-state index contributed by atoms with van der Waals surface area (Å²) < 4.78 is 11.3. The number of rotatable bonds is 3. The van der Waals surface area contributed by atoms with E-state index in [1.54, 1.807) is 18.2 Å². The van der Waals surface area contributed by atoms with E-state index in [2.05, 4.69) is 6.07 Å². The van der Waals surface area contributed by atoms with Gasteiger partial charge in [-0.15, -0.1) is 0 Å². The van der Waals surface area contributed by atoms with Gasteiger partial charge in [0, 0.05) is 23.4 Å². The van der Waals surface area contributed by atoms with Crippen LogP contribution in [0.2, 0.25) is 0 Å². The van der Waals surface area contributed by atoms with Gasteiger partial charge < -0.3 is 13.7 Å². The largest absolute Gasteiger partial charge is 0.467 e. The van der Waals surface area contributed by atoms with Gasteiger partial charge >= 0.3 is 0 Å². The summed E-state index contributed by atoms with van der Waals surface area (Å²) in [4.78, 5) is 14.4. The van der Waals surface area contributed by atoms with Gasteiger partial charge in [-0.25, -0.2) is 0 Å². The second-order valence-electron chi connectivity index (χ2n) is 5.96. The quantitative estimate of drug-likeness (QED) is 0.547. The lowest BCUT2D eigenvalue weighted by atomic mass is 10.1. The van der Waals surface area contributed by atoms with Gasteiger partial charge in [-0.2, -0.15) is 0 Å². The van der Waals surface area contributed by atoms with Gasteiger partial charge in [0.15, 0.2) is 5.76 Å². The molecule has 0 N–H and O–H groups in total. The number of benzene rings is 2. The first kappa shape index (κ1) is 14.6. The van der Waals surface area contributed by atoms with Crippen LogP contribution in [0.5, 0.6) is 0 Å². The molecule has 1 amide bonds. The lowest BCUT2D eigenvalue weighted by Gasteiger charge is -2.14. The highest BCUT2D eigenvalue weighted by atomic mass is 16.3. The molecule has 4 nitrogen and oxygen atoms in total. The fourth-order valence-corrected chi connectivity index (χ4v) is 3.03. The fraction of sp³-hybridized carbons (Fsp3) is 0.150. The first-order chi connectivity index (χ1) is 11.6. The van der Waals surface area contributed by atoms with Crippen LogP contribution in [0.25, 0.3) is 21.7 Å². The van der Waals surface area contributed by atoms with Crippen molar-refractivity contribution in [2.24, 2.45) is 0 Å². The molecule has 2 aromatic carbocycles. The zero-order valence-corrected chi connectivity index (χ0v) is 13.6. The number of hydrogen-bond acceptors (Lipinski definition) is 3. The summed E-state index contributed by atoms with van der Waals surface area (Å²) in [6.07, 6.45) is 1.60. The number of aryl methyl sites for hydroxylation is 1. The smallest absolute Gasteiger partial charge is 0.290 e. The van der Waals surface area contributed by atoms with Crippen molar-refractivity contribution in [3.63, 3.8) is 0 Å². The van der Waals surface area contributed by atoms with Gasteiger partial charge in [0.1, 0.15) is 11.3 Å². The SMILES string of the molecule is Cc1c(C(=O)N(C)Cc2ccco2)oc2c1ccc1ccccc12. The van der Waals surface area contributed by atoms with Crippen LogP contribution in [0.1, 0.15) is 21.9 Å². The van der Waals surface area contributed by atoms with Gasteiger partial charge in [0.25, 0.3) is 5.91 Å². The normalized spacial score (nSPS) is 11.2. The Labute approximate surface area is 139 Å². The van der Waals surface area contributed by atoms with Crippen LogP contribution in [0.3, 0.4) is 0 Å². The van der Waals surface area contributed by atoms with Crippen molar-refractivity contribution in [3.05, 3.63) is 71.9 Å². The summed E-state index contributed by atoms with van der Waals surface area (Å²) in [5, 5.41) is 3.09. The Morgan fingerprint density at radius 1 is 1.04 bits per heavy atom. The minimum atomic E-state index is -0.149. The van der Waals surface area contributed by atoms with Crippen molar-refractivity contribution in [2.45, 2.75) is 13.5 Å². The molecular weight excluding hydrogens is 302 g/mol. The molecule has 4 heteroatoms. The number of hydrogen-bond donors (Lipinski definition) is 0. The Balaban J connectivity index is 1.77. The zero-order valence-electron chi connectivity index (χ0n) is 13.6. The van der Waals surface area contributed by atoms with E-state index >= 15 is 0 Å². The maximum absolute atomic E-state index is 12.8. The number of fused-ring (bicyclic) bond motifs is 3. The molecule has 0 aliphatic carbocycles. The van der Waals surface area contributed by atoms with E-state index < -0.39 is 0 Å². The highest BCUT2D eigenvalue weighted by Gasteiger charge is 2.22. The number of amides is 1. The predicted octanol–water partition coefficient (Wildman–Crippen LogP) is 4.76. The summed E-state index contributed by atoms with van der Waals surface area (Å²) >= 11 is 0. The summed E-state index contributed by atoms with van der Waals surface area (Å²) in [5.74, 6) is 0.977. The molecule has 0 aliphatic heterocycles. The fourth-order valence-electron chi connectivity index (χ4n) is 3.03. The van der Waals surface area contributed by atoms with Crippen molar-refractivity contribution in [3.8, 4) is 0 Å². The summed E-state index contributed by atoms with van der Waals surface area (Å²) in [6.45, 7) is 2.33. The molecule has 0 fully saturated rings. The van der Waals surface area contributed by atoms with Crippen LogP contribution in [0, 0.1) is 6.92 Å². The van der Waals surface area contributed by atoms with Gasteiger partial charge in [0.2, 0.25) is 0 Å². The summed E-state index contributed by atoms with van der Waals surface area (Å²) in [7, 11) is 1.75. The van der Waals surface area contributed by atoms with Crippen LogP contribution in [0.15, 0.2) is 63.6 Å². The third kappa shape index (κ3) is 2.27. The molecule has 4 aromatic rings. The van der Waals surface area contributed by atoms with Crippen LogP contribution in [-0.2, 0) is 6.54 Å². The van der Waals surface area contributed by atoms with Crippen LogP contribution < -0.4 is 0 Å². The van der Waals surface area contributed by atoms with Gasteiger partial charge in [-0.3, -0.25) is 4.79 Å². The van der Waals surface area contributed by atoms with Gasteiger partial charge in [-0.05, 0) is 24.4 Å². The third-order valence-corrected chi connectivity index (χ3v) is 4.34. The summed E-state index contributed by atoms with van der Waals surface area (Å²) in [6, 6.07) is 15.8. The standard InChI is InChI=1S/C20H17NO3/c1-13-16-10-9-14-6-3-4-8-17(14)19(16)24-18(13)20(22)21(2)12-15-7-5-11-23-15/h3-11H,12H2,1-2H3. The average molecular weight is 319 g/mol.